The third kappa shape index (κ3) is 2.97. The van der Waals surface area contributed by atoms with E-state index < -0.39 is 0 Å². The summed E-state index contributed by atoms with van der Waals surface area (Å²) in [4.78, 5) is 16.4. The number of carbonyl (C=O) groups is 1. The van der Waals surface area contributed by atoms with Crippen LogP contribution in [0.4, 0.5) is 0 Å². The number of likely N-dealkylation sites (tertiary alicyclic amines) is 2. The van der Waals surface area contributed by atoms with Gasteiger partial charge in [0.05, 0.1) is 11.9 Å². The summed E-state index contributed by atoms with van der Waals surface area (Å²) in [5.41, 5.74) is 6.12. The number of amides is 1. The number of H-pyrrole nitrogens is 1. The molecule has 2 saturated heterocycles. The molecule has 4 rings (SSSR count). The van der Waals surface area contributed by atoms with Gasteiger partial charge in [-0.15, -0.1) is 0 Å². The quantitative estimate of drug-likeness (QED) is 0.936. The molecule has 5 heteroatoms. The molecule has 5 nitrogen and oxygen atoms in total. The molecule has 2 aliphatic heterocycles. The number of aromatic amines is 1. The van der Waals surface area contributed by atoms with Gasteiger partial charge in [0.2, 0.25) is 5.91 Å². The Balaban J connectivity index is 1.52. The lowest BCUT2D eigenvalue weighted by molar-refractivity contribution is -0.127. The molecular formula is C20H26N4O. The maximum Gasteiger partial charge on any atom is 0.222 e. The van der Waals surface area contributed by atoms with Crippen LogP contribution in [0.1, 0.15) is 29.5 Å². The van der Waals surface area contributed by atoms with E-state index in [9.17, 15) is 4.79 Å². The fourth-order valence-corrected chi connectivity index (χ4v) is 4.41. The van der Waals surface area contributed by atoms with Gasteiger partial charge in [-0.25, -0.2) is 0 Å². The number of piperidine rings is 1. The summed E-state index contributed by atoms with van der Waals surface area (Å²) in [5, 5.41) is 7.51. The number of carbonyl (C=O) groups excluding carboxylic acids is 1. The molecule has 0 spiro atoms. The van der Waals surface area contributed by atoms with Crippen LogP contribution in [-0.2, 0) is 11.3 Å². The van der Waals surface area contributed by atoms with Crippen LogP contribution in [0, 0.1) is 19.8 Å². The van der Waals surface area contributed by atoms with E-state index in [-0.39, 0.29) is 0 Å². The average molecular weight is 338 g/mol. The lowest BCUT2D eigenvalue weighted by atomic mass is 9.92. The number of rotatable bonds is 3. The molecule has 1 aromatic heterocycles. The Morgan fingerprint density at radius 1 is 1.32 bits per heavy atom. The maximum absolute atomic E-state index is 12.0. The maximum atomic E-state index is 12.0. The summed E-state index contributed by atoms with van der Waals surface area (Å²) in [5.74, 6) is 0.776. The number of aryl methyl sites for hydroxylation is 2. The molecule has 0 saturated carbocycles. The Labute approximate surface area is 149 Å². The average Bonchev–Trinajstić information content (AvgIpc) is 3.15. The fourth-order valence-electron chi connectivity index (χ4n) is 4.41. The standard InChI is InChI=1S/C20H26N4O/c1-13-4-5-14(2)17(8-13)20-16(10-21-22-20)12-24-7-6-18-15(11-24)9-19(25)23(18)3/h4-5,8,10,15,18H,6-7,9,11-12H2,1-3H3,(H,21,22)/t15-,18+/m1/s1. The van der Waals surface area contributed by atoms with Gasteiger partial charge in [-0.05, 0) is 31.9 Å². The number of aromatic nitrogens is 2. The van der Waals surface area contributed by atoms with Crippen LogP contribution in [-0.4, -0.2) is 52.1 Å². The van der Waals surface area contributed by atoms with Crippen molar-refractivity contribution in [1.82, 2.24) is 20.0 Å². The van der Waals surface area contributed by atoms with Gasteiger partial charge >= 0.3 is 0 Å². The summed E-state index contributed by atoms with van der Waals surface area (Å²) in [7, 11) is 1.96. The summed E-state index contributed by atoms with van der Waals surface area (Å²) >= 11 is 0. The molecule has 3 heterocycles. The van der Waals surface area contributed by atoms with Gasteiger partial charge in [-0.3, -0.25) is 14.8 Å². The minimum atomic E-state index is 0.302. The van der Waals surface area contributed by atoms with Crippen molar-refractivity contribution < 1.29 is 4.79 Å². The molecule has 2 aromatic rings. The number of hydrogen-bond donors (Lipinski definition) is 1. The second-order valence-corrected chi connectivity index (χ2v) is 7.65. The molecule has 25 heavy (non-hydrogen) atoms. The third-order valence-electron chi connectivity index (χ3n) is 5.88. The summed E-state index contributed by atoms with van der Waals surface area (Å²) in [6, 6.07) is 6.98. The monoisotopic (exact) mass is 338 g/mol. The van der Waals surface area contributed by atoms with Crippen molar-refractivity contribution in [2.24, 2.45) is 5.92 Å². The van der Waals surface area contributed by atoms with Crippen molar-refractivity contribution in [3.8, 4) is 11.3 Å². The smallest absolute Gasteiger partial charge is 0.222 e. The SMILES string of the molecule is Cc1ccc(C)c(-c2[nH]ncc2CN2CC[C@H]3[C@H](CC(=O)N3C)C2)c1. The van der Waals surface area contributed by atoms with Gasteiger partial charge in [0.25, 0.3) is 0 Å². The normalized spacial score (nSPS) is 24.0. The zero-order valence-corrected chi connectivity index (χ0v) is 15.2. The zero-order chi connectivity index (χ0) is 17.6. The van der Waals surface area contributed by atoms with Crippen molar-refractivity contribution in [2.45, 2.75) is 39.3 Å². The lowest BCUT2D eigenvalue weighted by Crippen LogP contribution is -2.44. The molecule has 1 aromatic carbocycles. The molecule has 2 atom stereocenters. The summed E-state index contributed by atoms with van der Waals surface area (Å²) in [6.45, 7) is 7.19. The Bertz CT molecular complexity index is 797. The van der Waals surface area contributed by atoms with E-state index in [0.717, 1.165) is 31.7 Å². The zero-order valence-electron chi connectivity index (χ0n) is 15.2. The molecule has 1 N–H and O–H groups in total. The lowest BCUT2D eigenvalue weighted by Gasteiger charge is -2.36. The van der Waals surface area contributed by atoms with E-state index in [2.05, 4.69) is 47.1 Å². The van der Waals surface area contributed by atoms with E-state index in [0.29, 0.717) is 24.3 Å². The van der Waals surface area contributed by atoms with E-state index in [1.165, 1.54) is 22.3 Å². The van der Waals surface area contributed by atoms with Gasteiger partial charge in [0.1, 0.15) is 0 Å². The van der Waals surface area contributed by atoms with Crippen LogP contribution in [0.2, 0.25) is 0 Å². The molecule has 2 aliphatic rings. The highest BCUT2D eigenvalue weighted by Gasteiger charge is 2.40. The number of hydrogen-bond acceptors (Lipinski definition) is 3. The predicted molar refractivity (Wildman–Crippen MR) is 98.1 cm³/mol. The highest BCUT2D eigenvalue weighted by molar-refractivity contribution is 5.79. The van der Waals surface area contributed by atoms with Crippen LogP contribution in [0.15, 0.2) is 24.4 Å². The van der Waals surface area contributed by atoms with Crippen molar-refractivity contribution in [3.63, 3.8) is 0 Å². The number of benzene rings is 1. The molecule has 0 unspecified atom stereocenters. The second-order valence-electron chi connectivity index (χ2n) is 7.65. The highest BCUT2D eigenvalue weighted by Crippen LogP contribution is 2.33. The van der Waals surface area contributed by atoms with Crippen molar-refractivity contribution in [1.29, 1.82) is 0 Å². The van der Waals surface area contributed by atoms with E-state index in [1.807, 2.05) is 18.1 Å². The largest absolute Gasteiger partial charge is 0.342 e. The van der Waals surface area contributed by atoms with Crippen LogP contribution >= 0.6 is 0 Å². The first-order valence-electron chi connectivity index (χ1n) is 9.11. The van der Waals surface area contributed by atoms with Crippen molar-refractivity contribution >= 4 is 5.91 Å². The van der Waals surface area contributed by atoms with Crippen molar-refractivity contribution in [3.05, 3.63) is 41.1 Å². The topological polar surface area (TPSA) is 52.2 Å². The predicted octanol–water partition coefficient (Wildman–Crippen LogP) is 2.75. The van der Waals surface area contributed by atoms with Gasteiger partial charge < -0.3 is 4.90 Å². The molecule has 1 amide bonds. The van der Waals surface area contributed by atoms with E-state index in [1.54, 1.807) is 0 Å². The number of nitrogens with one attached hydrogen (secondary N) is 1. The first-order chi connectivity index (χ1) is 12.0. The van der Waals surface area contributed by atoms with E-state index >= 15 is 0 Å². The Morgan fingerprint density at radius 3 is 3.00 bits per heavy atom. The molecule has 2 fully saturated rings. The number of fused-ring (bicyclic) bond motifs is 1. The van der Waals surface area contributed by atoms with Gasteiger partial charge in [0, 0.05) is 56.2 Å². The van der Waals surface area contributed by atoms with Gasteiger partial charge in [-0.2, -0.15) is 5.10 Å². The highest BCUT2D eigenvalue weighted by atomic mass is 16.2. The first-order valence-corrected chi connectivity index (χ1v) is 9.11. The van der Waals surface area contributed by atoms with Crippen LogP contribution < -0.4 is 0 Å². The molecule has 0 aliphatic carbocycles. The molecule has 0 radical (unpaired) electrons. The molecular weight excluding hydrogens is 312 g/mol. The van der Waals surface area contributed by atoms with Crippen LogP contribution in [0.3, 0.4) is 0 Å². The van der Waals surface area contributed by atoms with Gasteiger partial charge in [0.15, 0.2) is 0 Å². The fraction of sp³-hybridized carbons (Fsp3) is 0.500. The third-order valence-corrected chi connectivity index (χ3v) is 5.88. The minimum absolute atomic E-state index is 0.302. The van der Waals surface area contributed by atoms with Crippen LogP contribution in [0.25, 0.3) is 11.3 Å². The van der Waals surface area contributed by atoms with Crippen LogP contribution in [0.5, 0.6) is 0 Å². The van der Waals surface area contributed by atoms with E-state index in [4.69, 9.17) is 0 Å². The van der Waals surface area contributed by atoms with Gasteiger partial charge in [-0.1, -0.05) is 17.7 Å². The molecule has 0 bridgehead atoms. The molecule has 132 valence electrons. The Hall–Kier alpha value is -2.14. The summed E-state index contributed by atoms with van der Waals surface area (Å²) < 4.78 is 0. The van der Waals surface area contributed by atoms with Crippen molar-refractivity contribution in [2.75, 3.05) is 20.1 Å². The number of nitrogens with zero attached hydrogens (tertiary/aromatic N) is 3. The Morgan fingerprint density at radius 2 is 2.16 bits per heavy atom. The summed E-state index contributed by atoms with van der Waals surface area (Å²) in [6.07, 6.45) is 3.73. The second kappa shape index (κ2) is 6.30. The minimum Gasteiger partial charge on any atom is -0.342 e. The first kappa shape index (κ1) is 16.3. The Kier molecular flexibility index (Phi) is 4.12.